The Labute approximate surface area is 148 Å². The van der Waals surface area contributed by atoms with E-state index in [-0.39, 0.29) is 6.10 Å². The van der Waals surface area contributed by atoms with Gasteiger partial charge in [-0.3, -0.25) is 0 Å². The number of fused-ring (bicyclic) bond motifs is 3. The van der Waals surface area contributed by atoms with Gasteiger partial charge in [0.05, 0.1) is 13.1 Å². The van der Waals surface area contributed by atoms with Crippen LogP contribution in [0.3, 0.4) is 0 Å². The van der Waals surface area contributed by atoms with E-state index >= 15 is 0 Å². The predicted molar refractivity (Wildman–Crippen MR) is 94.1 cm³/mol. The first-order chi connectivity index (χ1) is 12.2. The van der Waals surface area contributed by atoms with Crippen LogP contribution in [0.4, 0.5) is 0 Å². The molecule has 2 aromatic rings. The number of carbonyl (C=O) groups excluding carboxylic acids is 1. The third-order valence-electron chi connectivity index (χ3n) is 5.69. The van der Waals surface area contributed by atoms with Crippen LogP contribution in [0.5, 0.6) is 0 Å². The summed E-state index contributed by atoms with van der Waals surface area (Å²) in [7, 11) is 0. The molecule has 25 heavy (non-hydrogen) atoms. The van der Waals surface area contributed by atoms with Gasteiger partial charge in [-0.25, -0.2) is 4.79 Å². The zero-order chi connectivity index (χ0) is 17.3. The molecule has 0 saturated carbocycles. The summed E-state index contributed by atoms with van der Waals surface area (Å²) >= 11 is 0. The lowest BCUT2D eigenvalue weighted by atomic mass is 9.84. The van der Waals surface area contributed by atoms with E-state index in [1.165, 1.54) is 18.0 Å². The molecule has 4 heteroatoms. The molecule has 2 N–H and O–H groups in total. The average Bonchev–Trinajstić information content (AvgIpc) is 2.69. The number of ether oxygens (including phenoxy) is 1. The minimum absolute atomic E-state index is 0.0936. The van der Waals surface area contributed by atoms with Crippen molar-refractivity contribution in [3.63, 3.8) is 0 Å². The van der Waals surface area contributed by atoms with Crippen molar-refractivity contribution in [2.45, 2.75) is 24.5 Å². The molecule has 2 bridgehead atoms. The van der Waals surface area contributed by atoms with Crippen molar-refractivity contribution in [2.24, 2.45) is 5.92 Å². The lowest BCUT2D eigenvalue weighted by Gasteiger charge is -2.42. The molecule has 0 amide bonds. The first kappa shape index (κ1) is 16.3. The first-order valence-electron chi connectivity index (χ1n) is 9.06. The Kier molecular flexibility index (Phi) is 4.32. The molecule has 0 spiro atoms. The normalized spacial score (nSPS) is 25.6. The molecule has 4 nitrogen and oxygen atoms in total. The Morgan fingerprint density at radius 2 is 1.48 bits per heavy atom. The van der Waals surface area contributed by atoms with E-state index in [0.717, 1.165) is 19.4 Å². The summed E-state index contributed by atoms with van der Waals surface area (Å²) in [5, 5.41) is 11.4. The van der Waals surface area contributed by atoms with Crippen molar-refractivity contribution < 1.29 is 19.5 Å². The van der Waals surface area contributed by atoms with Crippen molar-refractivity contribution in [2.75, 3.05) is 19.6 Å². The smallest absolute Gasteiger partial charge is 0.348 e. The number of rotatable bonds is 4. The van der Waals surface area contributed by atoms with Gasteiger partial charge < -0.3 is 14.7 Å². The Balaban J connectivity index is 1.65. The molecule has 130 valence electrons. The molecule has 3 saturated heterocycles. The number of hydrogen-bond acceptors (Lipinski definition) is 3. The monoisotopic (exact) mass is 338 g/mol. The fraction of sp³-hybridized carbons (Fsp3) is 0.381. The summed E-state index contributed by atoms with van der Waals surface area (Å²) in [6, 6.07) is 18.2. The van der Waals surface area contributed by atoms with Crippen LogP contribution in [0.15, 0.2) is 60.7 Å². The quantitative estimate of drug-likeness (QED) is 0.822. The number of nitrogens with one attached hydrogen (secondary N) is 1. The highest BCUT2D eigenvalue weighted by Gasteiger charge is 2.46. The zero-order valence-electron chi connectivity index (χ0n) is 14.2. The Hall–Kier alpha value is -2.17. The Morgan fingerprint density at radius 3 is 1.92 bits per heavy atom. The van der Waals surface area contributed by atoms with Crippen LogP contribution >= 0.6 is 0 Å². The molecule has 5 rings (SSSR count). The topological polar surface area (TPSA) is 51.0 Å². The second-order valence-corrected chi connectivity index (χ2v) is 7.18. The fourth-order valence-electron chi connectivity index (χ4n) is 4.20. The third kappa shape index (κ3) is 2.96. The minimum Gasteiger partial charge on any atom is -0.453 e. The maximum atomic E-state index is 13.1. The minimum atomic E-state index is -1.77. The van der Waals surface area contributed by atoms with Crippen LogP contribution < -0.4 is 4.90 Å². The standard InChI is InChI=1S/C21H23NO3/c23-20(25-19-15-22-13-11-16(19)12-14-22)21(24,17-7-3-1-4-8-17)18-9-5-2-6-10-18/h1-10,16,19,24H,11-15H2/p+1/t19-/m1/s1. The number of esters is 1. The highest BCUT2D eigenvalue weighted by molar-refractivity contribution is 5.85. The van der Waals surface area contributed by atoms with E-state index in [2.05, 4.69) is 0 Å². The molecule has 2 aromatic carbocycles. The number of hydrogen-bond donors (Lipinski definition) is 2. The zero-order valence-corrected chi connectivity index (χ0v) is 14.2. The van der Waals surface area contributed by atoms with E-state index in [1.54, 1.807) is 24.3 Å². The van der Waals surface area contributed by atoms with Crippen LogP contribution in [-0.4, -0.2) is 36.8 Å². The highest BCUT2D eigenvalue weighted by Crippen LogP contribution is 2.33. The molecule has 3 heterocycles. The molecule has 0 aromatic heterocycles. The van der Waals surface area contributed by atoms with Crippen molar-refractivity contribution >= 4 is 5.97 Å². The largest absolute Gasteiger partial charge is 0.453 e. The van der Waals surface area contributed by atoms with Crippen LogP contribution in [-0.2, 0) is 15.1 Å². The van der Waals surface area contributed by atoms with Gasteiger partial charge in [0, 0.05) is 18.8 Å². The summed E-state index contributed by atoms with van der Waals surface area (Å²) < 4.78 is 5.89. The van der Waals surface area contributed by atoms with Gasteiger partial charge in [-0.15, -0.1) is 0 Å². The SMILES string of the molecule is O=C(O[C@@H]1C[NH+]2CCC1CC2)C(O)(c1ccccc1)c1ccccc1. The predicted octanol–water partition coefficient (Wildman–Crippen LogP) is 1.14. The van der Waals surface area contributed by atoms with Crippen LogP contribution in [0.2, 0.25) is 0 Å². The van der Waals surface area contributed by atoms with E-state index in [4.69, 9.17) is 4.74 Å². The summed E-state index contributed by atoms with van der Waals surface area (Å²) in [6.07, 6.45) is 2.11. The second kappa shape index (κ2) is 6.62. The highest BCUT2D eigenvalue weighted by atomic mass is 16.6. The van der Waals surface area contributed by atoms with Gasteiger partial charge in [0.1, 0.15) is 6.54 Å². The number of piperidine rings is 3. The molecule has 0 aliphatic carbocycles. The lowest BCUT2D eigenvalue weighted by molar-refractivity contribution is -0.920. The maximum absolute atomic E-state index is 13.1. The van der Waals surface area contributed by atoms with Crippen molar-refractivity contribution in [3.05, 3.63) is 71.8 Å². The summed E-state index contributed by atoms with van der Waals surface area (Å²) in [6.45, 7) is 3.19. The fourth-order valence-corrected chi connectivity index (χ4v) is 4.20. The average molecular weight is 338 g/mol. The molecule has 0 radical (unpaired) electrons. The maximum Gasteiger partial charge on any atom is 0.348 e. The van der Waals surface area contributed by atoms with Gasteiger partial charge in [0.2, 0.25) is 5.60 Å². The summed E-state index contributed by atoms with van der Waals surface area (Å²) in [4.78, 5) is 14.6. The third-order valence-corrected chi connectivity index (χ3v) is 5.69. The van der Waals surface area contributed by atoms with E-state index in [1.807, 2.05) is 36.4 Å². The van der Waals surface area contributed by atoms with E-state index in [0.29, 0.717) is 17.0 Å². The molecule has 3 aliphatic heterocycles. The molecule has 0 unspecified atom stereocenters. The summed E-state index contributed by atoms with van der Waals surface area (Å²) in [5.41, 5.74) is -0.691. The number of benzene rings is 2. The van der Waals surface area contributed by atoms with Gasteiger partial charge in [-0.1, -0.05) is 60.7 Å². The number of quaternary nitrogens is 1. The van der Waals surface area contributed by atoms with E-state index in [9.17, 15) is 9.90 Å². The van der Waals surface area contributed by atoms with Gasteiger partial charge in [0.25, 0.3) is 0 Å². The van der Waals surface area contributed by atoms with Crippen molar-refractivity contribution in [1.82, 2.24) is 0 Å². The van der Waals surface area contributed by atoms with Crippen LogP contribution in [0, 0.1) is 5.92 Å². The molecule has 1 atom stereocenters. The van der Waals surface area contributed by atoms with Gasteiger partial charge in [0.15, 0.2) is 6.10 Å². The van der Waals surface area contributed by atoms with Crippen molar-refractivity contribution in [1.29, 1.82) is 0 Å². The number of carbonyl (C=O) groups is 1. The Morgan fingerprint density at radius 1 is 0.960 bits per heavy atom. The molecule has 3 fully saturated rings. The van der Waals surface area contributed by atoms with Gasteiger partial charge in [-0.05, 0) is 11.1 Å². The van der Waals surface area contributed by atoms with Gasteiger partial charge >= 0.3 is 5.97 Å². The van der Waals surface area contributed by atoms with Crippen LogP contribution in [0.25, 0.3) is 0 Å². The van der Waals surface area contributed by atoms with Crippen molar-refractivity contribution in [3.8, 4) is 0 Å². The first-order valence-corrected chi connectivity index (χ1v) is 9.06. The molecular weight excluding hydrogens is 314 g/mol. The number of aliphatic hydroxyl groups is 1. The Bertz CT molecular complexity index is 684. The second-order valence-electron chi connectivity index (χ2n) is 7.18. The van der Waals surface area contributed by atoms with Crippen LogP contribution in [0.1, 0.15) is 24.0 Å². The van der Waals surface area contributed by atoms with Gasteiger partial charge in [-0.2, -0.15) is 0 Å². The molecular formula is C21H24NO3+. The van der Waals surface area contributed by atoms with E-state index < -0.39 is 11.6 Å². The summed E-state index contributed by atoms with van der Waals surface area (Å²) in [5.74, 6) is -0.139. The lowest BCUT2D eigenvalue weighted by Crippen LogP contribution is -3.16. The molecule has 3 aliphatic rings.